The van der Waals surface area contributed by atoms with Crippen LogP contribution >= 0.6 is 28.1 Å². The van der Waals surface area contributed by atoms with Gasteiger partial charge in [-0.15, -0.1) is 0 Å². The Labute approximate surface area is 141 Å². The summed E-state index contributed by atoms with van der Waals surface area (Å²) in [4.78, 5) is 7.01. The van der Waals surface area contributed by atoms with E-state index < -0.39 is 0 Å². The summed E-state index contributed by atoms with van der Waals surface area (Å²) in [6.45, 7) is 0.619. The van der Waals surface area contributed by atoms with Crippen LogP contribution in [0.5, 0.6) is 0 Å². The maximum Gasteiger partial charge on any atom is 0.171 e. The van der Waals surface area contributed by atoms with Gasteiger partial charge in [0, 0.05) is 23.3 Å². The Bertz CT molecular complexity index is 714. The van der Waals surface area contributed by atoms with Crippen molar-refractivity contribution in [1.82, 2.24) is 10.3 Å². The van der Waals surface area contributed by atoms with Crippen molar-refractivity contribution in [2.75, 3.05) is 11.9 Å². The Morgan fingerprint density at radius 1 is 1.32 bits per heavy atom. The summed E-state index contributed by atoms with van der Waals surface area (Å²) in [5.41, 5.74) is 10.2. The number of hydrogen-bond acceptors (Lipinski definition) is 3. The number of halogens is 1. The third-order valence-electron chi connectivity index (χ3n) is 2.81. The molecule has 0 radical (unpaired) electrons. The maximum atomic E-state index is 8.55. The summed E-state index contributed by atoms with van der Waals surface area (Å²) < 4.78 is 0.841. The second-order valence-electron chi connectivity index (χ2n) is 4.28. The van der Waals surface area contributed by atoms with Gasteiger partial charge in [-0.05, 0) is 57.8 Å². The first kappa shape index (κ1) is 16.2. The lowest BCUT2D eigenvalue weighted by molar-refractivity contribution is 0.872. The summed E-state index contributed by atoms with van der Waals surface area (Å²) in [6, 6.07) is 11.2. The molecule has 6 nitrogen and oxygen atoms in total. The highest BCUT2D eigenvalue weighted by molar-refractivity contribution is 9.10. The summed E-state index contributed by atoms with van der Waals surface area (Å²) >= 11 is 8.63. The molecule has 0 spiro atoms. The Morgan fingerprint density at radius 2 is 2.14 bits per heavy atom. The first-order chi connectivity index (χ1) is 10.7. The summed E-state index contributed by atoms with van der Waals surface area (Å²) in [7, 11) is 0. The first-order valence-electron chi connectivity index (χ1n) is 6.49. The van der Waals surface area contributed by atoms with Crippen molar-refractivity contribution < 1.29 is 0 Å². The Kier molecular flexibility index (Phi) is 6.14. The molecule has 0 amide bonds. The Morgan fingerprint density at radius 3 is 2.91 bits per heavy atom. The van der Waals surface area contributed by atoms with Crippen LogP contribution in [0.1, 0.15) is 5.56 Å². The number of benzene rings is 1. The lowest BCUT2D eigenvalue weighted by Gasteiger charge is -2.11. The van der Waals surface area contributed by atoms with E-state index in [1.807, 2.05) is 30.3 Å². The van der Waals surface area contributed by atoms with Gasteiger partial charge in [0.25, 0.3) is 0 Å². The molecule has 22 heavy (non-hydrogen) atoms. The van der Waals surface area contributed by atoms with Crippen molar-refractivity contribution in [2.24, 2.45) is 5.11 Å². The Hall–Kier alpha value is -2.15. The van der Waals surface area contributed by atoms with E-state index in [9.17, 15) is 0 Å². The van der Waals surface area contributed by atoms with Crippen LogP contribution in [0.15, 0.2) is 52.2 Å². The van der Waals surface area contributed by atoms with E-state index in [2.05, 4.69) is 41.6 Å². The lowest BCUT2D eigenvalue weighted by atomic mass is 10.1. The minimum Gasteiger partial charge on any atom is -0.362 e. The molecule has 1 heterocycles. The van der Waals surface area contributed by atoms with Crippen molar-refractivity contribution in [3.05, 3.63) is 63.1 Å². The predicted octanol–water partition coefficient (Wildman–Crippen LogP) is 4.32. The second kappa shape index (κ2) is 8.33. The van der Waals surface area contributed by atoms with Crippen LogP contribution in [0.25, 0.3) is 10.4 Å². The van der Waals surface area contributed by atoms with Gasteiger partial charge in [-0.1, -0.05) is 29.4 Å². The molecule has 0 saturated heterocycles. The van der Waals surface area contributed by atoms with Gasteiger partial charge in [0.1, 0.15) is 5.82 Å². The third-order valence-corrected chi connectivity index (χ3v) is 3.70. The average molecular weight is 377 g/mol. The van der Waals surface area contributed by atoms with E-state index in [4.69, 9.17) is 17.7 Å². The van der Waals surface area contributed by atoms with Gasteiger partial charge >= 0.3 is 0 Å². The van der Waals surface area contributed by atoms with Gasteiger partial charge in [0.05, 0.1) is 4.47 Å². The summed E-state index contributed by atoms with van der Waals surface area (Å²) in [5.74, 6) is 0.662. The standard InChI is InChI=1S/C14H13BrN6S/c15-11-5-3-8-17-13(11)19-14(22)18-9-7-10-4-1-2-6-12(10)20-21-16/h1-6,8H,7,9H2,(H2,17,18,19,22). The molecular weight excluding hydrogens is 364 g/mol. The van der Waals surface area contributed by atoms with Crippen molar-refractivity contribution in [3.8, 4) is 0 Å². The van der Waals surface area contributed by atoms with Crippen molar-refractivity contribution in [3.63, 3.8) is 0 Å². The molecule has 0 aliphatic rings. The average Bonchev–Trinajstić information content (AvgIpc) is 2.51. The molecule has 0 fully saturated rings. The van der Waals surface area contributed by atoms with Gasteiger partial charge in [-0.25, -0.2) is 4.98 Å². The predicted molar refractivity (Wildman–Crippen MR) is 95.1 cm³/mol. The maximum absolute atomic E-state index is 8.55. The monoisotopic (exact) mass is 376 g/mol. The molecule has 0 aliphatic heterocycles. The fraction of sp³-hybridized carbons (Fsp3) is 0.143. The van der Waals surface area contributed by atoms with Crippen LogP contribution in [0.4, 0.5) is 11.5 Å². The zero-order valence-electron chi connectivity index (χ0n) is 11.5. The number of nitrogens with one attached hydrogen (secondary N) is 2. The number of nitrogens with zero attached hydrogens (tertiary/aromatic N) is 4. The van der Waals surface area contributed by atoms with E-state index in [1.165, 1.54) is 0 Å². The third kappa shape index (κ3) is 4.70. The topological polar surface area (TPSA) is 85.7 Å². The molecular formula is C14H13BrN6S. The highest BCUT2D eigenvalue weighted by atomic mass is 79.9. The van der Waals surface area contributed by atoms with E-state index in [0.717, 1.165) is 10.0 Å². The number of anilines is 1. The van der Waals surface area contributed by atoms with Gasteiger partial charge in [-0.2, -0.15) is 0 Å². The van der Waals surface area contributed by atoms with E-state index >= 15 is 0 Å². The van der Waals surface area contributed by atoms with Gasteiger partial charge < -0.3 is 10.6 Å². The molecule has 112 valence electrons. The quantitative estimate of drug-likeness (QED) is 0.352. The molecule has 0 atom stereocenters. The van der Waals surface area contributed by atoms with Crippen LogP contribution in [-0.2, 0) is 6.42 Å². The normalized spacial score (nSPS) is 9.68. The summed E-state index contributed by atoms with van der Waals surface area (Å²) in [5, 5.41) is 10.3. The highest BCUT2D eigenvalue weighted by Gasteiger charge is 2.03. The van der Waals surface area contributed by atoms with E-state index in [-0.39, 0.29) is 0 Å². The number of aromatic nitrogens is 1. The van der Waals surface area contributed by atoms with E-state index in [0.29, 0.717) is 29.6 Å². The molecule has 2 rings (SSSR count). The second-order valence-corrected chi connectivity index (χ2v) is 5.55. The minimum absolute atomic E-state index is 0.487. The smallest absolute Gasteiger partial charge is 0.171 e. The Balaban J connectivity index is 1.88. The number of hydrogen-bond donors (Lipinski definition) is 2. The molecule has 0 bridgehead atoms. The molecule has 2 aromatic rings. The zero-order valence-corrected chi connectivity index (χ0v) is 13.9. The van der Waals surface area contributed by atoms with Crippen molar-refractivity contribution in [1.29, 1.82) is 0 Å². The van der Waals surface area contributed by atoms with Gasteiger partial charge in [-0.3, -0.25) is 0 Å². The van der Waals surface area contributed by atoms with Crippen LogP contribution in [0.2, 0.25) is 0 Å². The first-order valence-corrected chi connectivity index (χ1v) is 7.69. The molecule has 0 aliphatic carbocycles. The fourth-order valence-corrected chi connectivity index (χ4v) is 2.36. The number of pyridine rings is 1. The van der Waals surface area contributed by atoms with Crippen LogP contribution in [0.3, 0.4) is 0 Å². The fourth-order valence-electron chi connectivity index (χ4n) is 1.81. The zero-order chi connectivity index (χ0) is 15.8. The summed E-state index contributed by atoms with van der Waals surface area (Å²) in [6.07, 6.45) is 2.38. The largest absolute Gasteiger partial charge is 0.362 e. The van der Waals surface area contributed by atoms with Crippen LogP contribution < -0.4 is 10.6 Å². The van der Waals surface area contributed by atoms with Crippen LogP contribution in [0, 0.1) is 0 Å². The molecule has 1 aromatic heterocycles. The minimum atomic E-state index is 0.487. The van der Waals surface area contributed by atoms with Gasteiger partial charge in [0.2, 0.25) is 0 Å². The molecule has 0 saturated carbocycles. The van der Waals surface area contributed by atoms with E-state index in [1.54, 1.807) is 12.3 Å². The number of azide groups is 1. The van der Waals surface area contributed by atoms with Crippen molar-refractivity contribution >= 4 is 44.8 Å². The molecule has 1 aromatic carbocycles. The number of thiocarbonyl (C=S) groups is 1. The van der Waals surface area contributed by atoms with Crippen LogP contribution in [-0.4, -0.2) is 16.6 Å². The SMILES string of the molecule is [N-]=[N+]=Nc1ccccc1CCNC(=S)Nc1ncccc1Br. The number of rotatable bonds is 5. The molecule has 0 unspecified atom stereocenters. The molecule has 2 N–H and O–H groups in total. The van der Waals surface area contributed by atoms with Crippen molar-refractivity contribution in [2.45, 2.75) is 6.42 Å². The molecule has 8 heteroatoms. The lowest BCUT2D eigenvalue weighted by Crippen LogP contribution is -2.30. The highest BCUT2D eigenvalue weighted by Crippen LogP contribution is 2.19. The van der Waals surface area contributed by atoms with Gasteiger partial charge in [0.15, 0.2) is 5.11 Å².